The fourth-order valence-corrected chi connectivity index (χ4v) is 6.23. The molecular formula is C36H29F3N2O5. The first kappa shape index (κ1) is 30.8. The largest absolute Gasteiger partial charge is 0.457 e. The zero-order valence-corrected chi connectivity index (χ0v) is 25.9. The lowest BCUT2D eigenvalue weighted by Crippen LogP contribution is -2.31. The Morgan fingerprint density at radius 3 is 1.65 bits per heavy atom. The van der Waals surface area contributed by atoms with Crippen molar-refractivity contribution in [1.82, 2.24) is 4.90 Å². The summed E-state index contributed by atoms with van der Waals surface area (Å²) >= 11 is 0. The molecule has 2 aliphatic heterocycles. The number of benzene rings is 4. The maximum Gasteiger partial charge on any atom is 0.399 e. The van der Waals surface area contributed by atoms with Crippen LogP contribution < -0.4 is 9.64 Å². The van der Waals surface area contributed by atoms with E-state index in [-0.39, 0.29) is 50.6 Å². The van der Waals surface area contributed by atoms with E-state index >= 15 is 0 Å². The molecule has 46 heavy (non-hydrogen) atoms. The highest BCUT2D eigenvalue weighted by Gasteiger charge is 2.45. The van der Waals surface area contributed by atoms with Crippen molar-refractivity contribution < 1.29 is 37.1 Å². The summed E-state index contributed by atoms with van der Waals surface area (Å²) in [5, 5.41) is 0. The number of imide groups is 2. The predicted molar refractivity (Wildman–Crippen MR) is 165 cm³/mol. The lowest BCUT2D eigenvalue weighted by molar-refractivity contribution is -0.141. The number of carbonyl (C=O) groups is 4. The average molecular weight is 627 g/mol. The molecular weight excluding hydrogens is 597 g/mol. The van der Waals surface area contributed by atoms with E-state index in [1.165, 1.54) is 61.6 Å². The van der Waals surface area contributed by atoms with Crippen molar-refractivity contribution in [2.45, 2.75) is 46.7 Å². The molecule has 1 unspecified atom stereocenters. The SMILES string of the molecule is Cc1ccc(C(c2ccc(N3C(=O)c4ccc(Oc5ccc6c(c5)C(=O)N(C)C6=O)cc4C3=O)c(C)c2C)C(F)(F)F)c(C)c1C. The molecule has 0 bridgehead atoms. The summed E-state index contributed by atoms with van der Waals surface area (Å²) in [6, 6.07) is 14.7. The summed E-state index contributed by atoms with van der Waals surface area (Å²) in [7, 11) is 1.39. The number of nitrogens with zero attached hydrogens (tertiary/aromatic N) is 2. The van der Waals surface area contributed by atoms with Crippen LogP contribution in [-0.4, -0.2) is 41.8 Å². The molecule has 2 aliphatic rings. The number of aryl methyl sites for hydroxylation is 1. The van der Waals surface area contributed by atoms with Gasteiger partial charge in [-0.1, -0.05) is 18.2 Å². The van der Waals surface area contributed by atoms with Crippen LogP contribution >= 0.6 is 0 Å². The maximum atomic E-state index is 14.7. The van der Waals surface area contributed by atoms with Gasteiger partial charge in [0.15, 0.2) is 0 Å². The summed E-state index contributed by atoms with van der Waals surface area (Å²) in [6.45, 7) is 8.51. The normalized spacial score (nSPS) is 15.1. The number of ether oxygens (including phenoxy) is 1. The molecule has 0 aromatic heterocycles. The van der Waals surface area contributed by atoms with Crippen molar-refractivity contribution in [1.29, 1.82) is 0 Å². The lowest BCUT2D eigenvalue weighted by atomic mass is 9.82. The molecule has 0 N–H and O–H groups in total. The van der Waals surface area contributed by atoms with Crippen molar-refractivity contribution in [3.05, 3.63) is 122 Å². The van der Waals surface area contributed by atoms with Gasteiger partial charge >= 0.3 is 6.18 Å². The molecule has 4 amide bonds. The molecule has 0 saturated carbocycles. The van der Waals surface area contributed by atoms with Gasteiger partial charge in [-0.05, 0) is 116 Å². The summed E-state index contributed by atoms with van der Waals surface area (Å²) in [5.74, 6) is -3.55. The van der Waals surface area contributed by atoms with Crippen LogP contribution in [0, 0.1) is 34.6 Å². The molecule has 0 saturated heterocycles. The second kappa shape index (κ2) is 10.7. The van der Waals surface area contributed by atoms with Crippen LogP contribution in [0.5, 0.6) is 11.5 Å². The number of rotatable bonds is 5. The van der Waals surface area contributed by atoms with E-state index in [0.29, 0.717) is 16.7 Å². The maximum absolute atomic E-state index is 14.7. The quantitative estimate of drug-likeness (QED) is 0.212. The third kappa shape index (κ3) is 4.67. The van der Waals surface area contributed by atoms with E-state index in [4.69, 9.17) is 4.74 Å². The topological polar surface area (TPSA) is 84.0 Å². The Bertz CT molecular complexity index is 2030. The Morgan fingerprint density at radius 2 is 1.07 bits per heavy atom. The molecule has 10 heteroatoms. The summed E-state index contributed by atoms with van der Waals surface area (Å²) in [5.41, 5.74) is 3.99. The van der Waals surface area contributed by atoms with E-state index < -0.39 is 35.7 Å². The number of hydrogen-bond donors (Lipinski definition) is 0. The molecule has 234 valence electrons. The van der Waals surface area contributed by atoms with E-state index in [9.17, 15) is 32.3 Å². The molecule has 0 fully saturated rings. The van der Waals surface area contributed by atoms with E-state index in [0.717, 1.165) is 20.9 Å². The summed E-state index contributed by atoms with van der Waals surface area (Å²) in [4.78, 5) is 53.7. The fraction of sp³-hybridized carbons (Fsp3) is 0.222. The highest BCUT2D eigenvalue weighted by atomic mass is 19.4. The zero-order valence-electron chi connectivity index (χ0n) is 25.9. The highest BCUT2D eigenvalue weighted by Crippen LogP contribution is 2.45. The Morgan fingerprint density at radius 1 is 0.587 bits per heavy atom. The lowest BCUT2D eigenvalue weighted by Gasteiger charge is -2.28. The Hall–Kier alpha value is -5.25. The Labute approximate surface area is 263 Å². The smallest absolute Gasteiger partial charge is 0.399 e. The monoisotopic (exact) mass is 626 g/mol. The van der Waals surface area contributed by atoms with Gasteiger partial charge in [0.1, 0.15) is 17.4 Å². The molecule has 0 spiro atoms. The number of hydrogen-bond acceptors (Lipinski definition) is 5. The first-order valence-corrected chi connectivity index (χ1v) is 14.5. The number of fused-ring (bicyclic) bond motifs is 2. The van der Waals surface area contributed by atoms with Crippen molar-refractivity contribution in [2.24, 2.45) is 0 Å². The fourth-order valence-electron chi connectivity index (χ4n) is 6.23. The minimum absolute atomic E-state index is 0.0492. The number of anilines is 1. The van der Waals surface area contributed by atoms with Crippen molar-refractivity contribution >= 4 is 29.3 Å². The standard InChI is InChI=1S/C36H29F3N2O5/c1-17-7-10-24(19(3)18(17)2)31(36(37,38)39)25-13-14-30(21(5)20(25)4)41-34(44)27-12-9-23(16-29(27)35(41)45)46-22-8-11-26-28(15-22)33(43)40(6)32(26)42/h7-16,31H,1-6H3. The highest BCUT2D eigenvalue weighted by molar-refractivity contribution is 6.34. The van der Waals surface area contributed by atoms with Gasteiger partial charge < -0.3 is 4.74 Å². The van der Waals surface area contributed by atoms with Crippen LogP contribution in [0.25, 0.3) is 0 Å². The Kier molecular flexibility index (Phi) is 7.14. The number of alkyl halides is 3. The zero-order chi connectivity index (χ0) is 33.4. The molecule has 2 heterocycles. The van der Waals surface area contributed by atoms with Gasteiger partial charge in [-0.15, -0.1) is 0 Å². The van der Waals surface area contributed by atoms with Gasteiger partial charge in [0.25, 0.3) is 23.6 Å². The minimum atomic E-state index is -4.59. The third-order valence-corrected chi connectivity index (χ3v) is 9.25. The van der Waals surface area contributed by atoms with Crippen LogP contribution in [0.1, 0.15) is 86.3 Å². The summed E-state index contributed by atoms with van der Waals surface area (Å²) in [6.07, 6.45) is -4.59. The van der Waals surface area contributed by atoms with Gasteiger partial charge in [0, 0.05) is 7.05 Å². The van der Waals surface area contributed by atoms with Crippen LogP contribution in [0.2, 0.25) is 0 Å². The second-order valence-corrected chi connectivity index (χ2v) is 11.8. The van der Waals surface area contributed by atoms with Crippen LogP contribution in [0.15, 0.2) is 60.7 Å². The number of amides is 4. The first-order chi connectivity index (χ1) is 21.6. The van der Waals surface area contributed by atoms with Gasteiger partial charge in [-0.3, -0.25) is 24.1 Å². The van der Waals surface area contributed by atoms with E-state index in [1.807, 2.05) is 6.92 Å². The second-order valence-electron chi connectivity index (χ2n) is 11.8. The number of carbonyl (C=O) groups excluding carboxylic acids is 4. The van der Waals surface area contributed by atoms with Gasteiger partial charge in [0.2, 0.25) is 0 Å². The minimum Gasteiger partial charge on any atom is -0.457 e. The predicted octanol–water partition coefficient (Wildman–Crippen LogP) is 7.74. The van der Waals surface area contributed by atoms with Gasteiger partial charge in [-0.2, -0.15) is 13.2 Å². The van der Waals surface area contributed by atoms with E-state index in [1.54, 1.807) is 33.8 Å². The summed E-state index contributed by atoms with van der Waals surface area (Å²) < 4.78 is 49.9. The molecule has 6 rings (SSSR count). The Balaban J connectivity index is 1.33. The first-order valence-electron chi connectivity index (χ1n) is 14.5. The molecule has 7 nitrogen and oxygen atoms in total. The van der Waals surface area contributed by atoms with Crippen molar-refractivity contribution in [3.63, 3.8) is 0 Å². The van der Waals surface area contributed by atoms with E-state index in [2.05, 4.69) is 0 Å². The molecule has 0 radical (unpaired) electrons. The average Bonchev–Trinajstić information content (AvgIpc) is 3.38. The van der Waals surface area contributed by atoms with Crippen molar-refractivity contribution in [2.75, 3.05) is 11.9 Å². The third-order valence-electron chi connectivity index (χ3n) is 9.25. The molecule has 4 aromatic carbocycles. The van der Waals surface area contributed by atoms with Crippen LogP contribution in [0.4, 0.5) is 18.9 Å². The molecule has 1 atom stereocenters. The van der Waals surface area contributed by atoms with Crippen LogP contribution in [-0.2, 0) is 0 Å². The van der Waals surface area contributed by atoms with Crippen molar-refractivity contribution in [3.8, 4) is 11.5 Å². The van der Waals surface area contributed by atoms with Gasteiger partial charge in [0.05, 0.1) is 27.9 Å². The number of halogens is 3. The molecule has 4 aromatic rings. The van der Waals surface area contributed by atoms with Crippen LogP contribution in [0.3, 0.4) is 0 Å². The molecule has 0 aliphatic carbocycles. The van der Waals surface area contributed by atoms with Gasteiger partial charge in [-0.25, -0.2) is 4.90 Å².